The van der Waals surface area contributed by atoms with Crippen LogP contribution < -0.4 is 5.32 Å². The molecule has 1 heterocycles. The lowest BCUT2D eigenvalue weighted by Gasteiger charge is -2.25. The number of aliphatic imine (C=N–C) groups is 1. The third-order valence-corrected chi connectivity index (χ3v) is 3.29. The quantitative estimate of drug-likeness (QED) is 0.679. The van der Waals surface area contributed by atoms with Crippen molar-refractivity contribution in [2.45, 2.75) is 19.3 Å². The highest BCUT2D eigenvalue weighted by molar-refractivity contribution is 8.14. The Kier molecular flexibility index (Phi) is 2.36. The molecule has 1 aliphatic heterocycles. The van der Waals surface area contributed by atoms with Gasteiger partial charge < -0.3 is 5.32 Å². The second kappa shape index (κ2) is 3.48. The van der Waals surface area contributed by atoms with Crippen molar-refractivity contribution >= 4 is 16.9 Å². The van der Waals surface area contributed by atoms with E-state index >= 15 is 0 Å². The molecular formula is C8H14N2S. The fourth-order valence-electron chi connectivity index (χ4n) is 1.37. The average Bonchev–Trinajstić information content (AvgIpc) is 2.36. The van der Waals surface area contributed by atoms with Gasteiger partial charge in [-0.15, -0.1) is 0 Å². The van der Waals surface area contributed by atoms with Gasteiger partial charge in [0.2, 0.25) is 0 Å². The molecule has 0 radical (unpaired) electrons. The number of hydrogen-bond donors (Lipinski definition) is 1. The number of nitrogens with zero attached hydrogens (tertiary/aromatic N) is 1. The first kappa shape index (κ1) is 7.47. The van der Waals surface area contributed by atoms with Gasteiger partial charge in [-0.05, 0) is 18.8 Å². The second-order valence-electron chi connectivity index (χ2n) is 3.21. The van der Waals surface area contributed by atoms with Crippen LogP contribution in [0.25, 0.3) is 0 Å². The predicted octanol–water partition coefficient (Wildman–Crippen LogP) is 1.48. The summed E-state index contributed by atoms with van der Waals surface area (Å²) in [7, 11) is 0. The molecule has 0 aromatic carbocycles. The zero-order valence-electron chi connectivity index (χ0n) is 6.68. The number of rotatable bonds is 2. The molecule has 0 amide bonds. The van der Waals surface area contributed by atoms with Crippen molar-refractivity contribution in [2.24, 2.45) is 10.9 Å². The van der Waals surface area contributed by atoms with Crippen molar-refractivity contribution in [2.75, 3.05) is 18.8 Å². The number of amidine groups is 1. The van der Waals surface area contributed by atoms with Gasteiger partial charge in [0.25, 0.3) is 0 Å². The minimum absolute atomic E-state index is 0.943. The minimum Gasteiger partial charge on any atom is -0.365 e. The SMILES string of the molecule is C1CC(CNC2=NCCS2)C1. The Balaban J connectivity index is 1.65. The molecule has 2 aliphatic rings. The molecule has 1 saturated carbocycles. The Labute approximate surface area is 71.9 Å². The van der Waals surface area contributed by atoms with Crippen LogP contribution in [0.4, 0.5) is 0 Å². The van der Waals surface area contributed by atoms with Gasteiger partial charge in [0.05, 0.1) is 6.54 Å². The lowest BCUT2D eigenvalue weighted by atomic mass is 9.86. The third-order valence-electron chi connectivity index (χ3n) is 2.35. The normalized spacial score (nSPS) is 24.5. The summed E-state index contributed by atoms with van der Waals surface area (Å²) in [5.74, 6) is 2.12. The van der Waals surface area contributed by atoms with Gasteiger partial charge in [-0.2, -0.15) is 0 Å². The molecule has 1 fully saturated rings. The fraction of sp³-hybridized carbons (Fsp3) is 0.875. The maximum Gasteiger partial charge on any atom is 0.156 e. The van der Waals surface area contributed by atoms with E-state index in [0.29, 0.717) is 0 Å². The van der Waals surface area contributed by atoms with Crippen molar-refractivity contribution in [1.82, 2.24) is 5.32 Å². The first-order valence-electron chi connectivity index (χ1n) is 4.36. The summed E-state index contributed by atoms with van der Waals surface area (Å²) in [5, 5.41) is 4.57. The summed E-state index contributed by atoms with van der Waals surface area (Å²) in [6.45, 7) is 2.17. The molecule has 11 heavy (non-hydrogen) atoms. The van der Waals surface area contributed by atoms with Crippen LogP contribution in [0.1, 0.15) is 19.3 Å². The predicted molar refractivity (Wildman–Crippen MR) is 50.1 cm³/mol. The smallest absolute Gasteiger partial charge is 0.156 e. The van der Waals surface area contributed by atoms with Gasteiger partial charge in [-0.1, -0.05) is 18.2 Å². The number of nitrogens with one attached hydrogen (secondary N) is 1. The second-order valence-corrected chi connectivity index (χ2v) is 4.30. The van der Waals surface area contributed by atoms with Crippen molar-refractivity contribution in [3.8, 4) is 0 Å². The maximum atomic E-state index is 4.33. The molecule has 0 aromatic rings. The van der Waals surface area contributed by atoms with Crippen LogP contribution in [0, 0.1) is 5.92 Å². The van der Waals surface area contributed by atoms with Gasteiger partial charge in [0.1, 0.15) is 0 Å². The molecule has 62 valence electrons. The van der Waals surface area contributed by atoms with E-state index in [1.807, 2.05) is 11.8 Å². The van der Waals surface area contributed by atoms with Crippen molar-refractivity contribution in [3.63, 3.8) is 0 Å². The lowest BCUT2D eigenvalue weighted by Crippen LogP contribution is -2.29. The summed E-state index contributed by atoms with van der Waals surface area (Å²) >= 11 is 1.86. The van der Waals surface area contributed by atoms with Crippen LogP contribution in [0.3, 0.4) is 0 Å². The largest absolute Gasteiger partial charge is 0.365 e. The standard InChI is InChI=1S/C8H14N2S/c1-2-7(3-1)6-10-8-9-4-5-11-8/h7H,1-6H2,(H,9,10). The van der Waals surface area contributed by atoms with E-state index in [1.54, 1.807) is 0 Å². The summed E-state index contributed by atoms with van der Waals surface area (Å²) < 4.78 is 0. The van der Waals surface area contributed by atoms with E-state index in [2.05, 4.69) is 10.3 Å². The van der Waals surface area contributed by atoms with Gasteiger partial charge in [0.15, 0.2) is 5.17 Å². The first-order valence-corrected chi connectivity index (χ1v) is 5.35. The third kappa shape index (κ3) is 1.89. The molecule has 2 rings (SSSR count). The number of thioether (sulfide) groups is 1. The van der Waals surface area contributed by atoms with E-state index in [-0.39, 0.29) is 0 Å². The Morgan fingerprint density at radius 2 is 2.45 bits per heavy atom. The highest BCUT2D eigenvalue weighted by atomic mass is 32.2. The monoisotopic (exact) mass is 170 g/mol. The minimum atomic E-state index is 0.943. The van der Waals surface area contributed by atoms with E-state index in [9.17, 15) is 0 Å². The maximum absolute atomic E-state index is 4.33. The van der Waals surface area contributed by atoms with Crippen LogP contribution in [-0.2, 0) is 0 Å². The van der Waals surface area contributed by atoms with Crippen LogP contribution in [-0.4, -0.2) is 24.0 Å². The van der Waals surface area contributed by atoms with Crippen LogP contribution in [0.2, 0.25) is 0 Å². The molecule has 0 saturated heterocycles. The highest BCUT2D eigenvalue weighted by Crippen LogP contribution is 2.25. The molecule has 0 bridgehead atoms. The van der Waals surface area contributed by atoms with E-state index < -0.39 is 0 Å². The molecule has 3 heteroatoms. The molecule has 0 unspecified atom stereocenters. The van der Waals surface area contributed by atoms with E-state index in [0.717, 1.165) is 19.0 Å². The molecule has 2 nitrogen and oxygen atoms in total. The van der Waals surface area contributed by atoms with Gasteiger partial charge >= 0.3 is 0 Å². The molecular weight excluding hydrogens is 156 g/mol. The first-order chi connectivity index (χ1) is 5.45. The van der Waals surface area contributed by atoms with Gasteiger partial charge in [0, 0.05) is 12.3 Å². The summed E-state index contributed by atoms with van der Waals surface area (Å²) in [5.41, 5.74) is 0. The lowest BCUT2D eigenvalue weighted by molar-refractivity contribution is 0.316. The Hall–Kier alpha value is -0.180. The zero-order valence-corrected chi connectivity index (χ0v) is 7.49. The number of hydrogen-bond acceptors (Lipinski definition) is 3. The summed E-state index contributed by atoms with van der Waals surface area (Å²) in [4.78, 5) is 4.33. The molecule has 0 atom stereocenters. The Morgan fingerprint density at radius 3 is 3.00 bits per heavy atom. The van der Waals surface area contributed by atoms with E-state index in [4.69, 9.17) is 0 Å². The molecule has 1 N–H and O–H groups in total. The Bertz CT molecular complexity index is 163. The van der Waals surface area contributed by atoms with Crippen LogP contribution in [0.5, 0.6) is 0 Å². The summed E-state index contributed by atoms with van der Waals surface area (Å²) in [6, 6.07) is 0. The van der Waals surface area contributed by atoms with Crippen molar-refractivity contribution in [1.29, 1.82) is 0 Å². The fourth-order valence-corrected chi connectivity index (χ4v) is 2.11. The highest BCUT2D eigenvalue weighted by Gasteiger charge is 2.17. The molecule has 1 aliphatic carbocycles. The summed E-state index contributed by atoms with van der Waals surface area (Å²) in [6.07, 6.45) is 4.28. The van der Waals surface area contributed by atoms with Crippen LogP contribution >= 0.6 is 11.8 Å². The average molecular weight is 170 g/mol. The van der Waals surface area contributed by atoms with Gasteiger partial charge in [-0.3, -0.25) is 4.99 Å². The van der Waals surface area contributed by atoms with Gasteiger partial charge in [-0.25, -0.2) is 0 Å². The Morgan fingerprint density at radius 1 is 1.55 bits per heavy atom. The van der Waals surface area contributed by atoms with Crippen molar-refractivity contribution < 1.29 is 0 Å². The van der Waals surface area contributed by atoms with E-state index in [1.165, 1.54) is 30.2 Å². The van der Waals surface area contributed by atoms with Crippen LogP contribution in [0.15, 0.2) is 4.99 Å². The van der Waals surface area contributed by atoms with Crippen molar-refractivity contribution in [3.05, 3.63) is 0 Å². The molecule has 0 aromatic heterocycles. The topological polar surface area (TPSA) is 24.4 Å². The zero-order chi connectivity index (χ0) is 7.52. The molecule has 0 spiro atoms.